The Morgan fingerprint density at radius 3 is 2.95 bits per heavy atom. The van der Waals surface area contributed by atoms with Gasteiger partial charge in [-0.2, -0.15) is 0 Å². The first-order valence-electron chi connectivity index (χ1n) is 6.81. The number of thioether (sulfide) groups is 1. The zero-order valence-electron chi connectivity index (χ0n) is 12.0. The van der Waals surface area contributed by atoms with Crippen molar-refractivity contribution in [1.29, 1.82) is 0 Å². The van der Waals surface area contributed by atoms with Crippen molar-refractivity contribution in [3.8, 4) is 0 Å². The minimum atomic E-state index is 0.289. The molecule has 108 valence electrons. The number of nitrogens with two attached hydrogens (primary N) is 1. The van der Waals surface area contributed by atoms with Crippen molar-refractivity contribution in [3.05, 3.63) is 48.0 Å². The van der Waals surface area contributed by atoms with E-state index in [1.165, 1.54) is 10.5 Å². The first-order chi connectivity index (χ1) is 9.69. The van der Waals surface area contributed by atoms with Crippen LogP contribution in [-0.4, -0.2) is 21.3 Å². The summed E-state index contributed by atoms with van der Waals surface area (Å²) in [6.07, 6.45) is 5.73. The molecule has 1 aromatic heterocycles. The molecule has 0 aliphatic rings. The Bertz CT molecular complexity index is 538. The monoisotopic (exact) mass is 290 g/mol. The molecule has 1 atom stereocenters. The number of hydrazine groups is 1. The number of aryl methyl sites for hydroxylation is 3. The summed E-state index contributed by atoms with van der Waals surface area (Å²) in [5, 5.41) is 0. The van der Waals surface area contributed by atoms with Crippen molar-refractivity contribution in [2.45, 2.75) is 30.7 Å². The number of nitrogens with one attached hydrogen (secondary N) is 1. The Balaban J connectivity index is 1.82. The molecule has 0 saturated carbocycles. The molecule has 0 aliphatic heterocycles. The Hall–Kier alpha value is -1.30. The third-order valence-corrected chi connectivity index (χ3v) is 4.47. The van der Waals surface area contributed by atoms with Gasteiger partial charge in [-0.15, -0.1) is 11.8 Å². The van der Waals surface area contributed by atoms with Gasteiger partial charge in [0.2, 0.25) is 0 Å². The van der Waals surface area contributed by atoms with E-state index in [9.17, 15) is 0 Å². The van der Waals surface area contributed by atoms with Crippen LogP contribution in [0.4, 0.5) is 0 Å². The fourth-order valence-electron chi connectivity index (χ4n) is 2.06. The molecule has 0 bridgehead atoms. The summed E-state index contributed by atoms with van der Waals surface area (Å²) in [7, 11) is 2.02. The van der Waals surface area contributed by atoms with Crippen LogP contribution in [0.15, 0.2) is 41.6 Å². The van der Waals surface area contributed by atoms with Gasteiger partial charge >= 0.3 is 0 Å². The van der Waals surface area contributed by atoms with Gasteiger partial charge in [0.1, 0.15) is 5.82 Å². The molecule has 4 nitrogen and oxygen atoms in total. The van der Waals surface area contributed by atoms with Crippen molar-refractivity contribution in [2.24, 2.45) is 12.9 Å². The zero-order chi connectivity index (χ0) is 14.4. The molecule has 1 aromatic carbocycles. The lowest BCUT2D eigenvalue weighted by molar-refractivity contribution is 0.528. The molecule has 3 N–H and O–H groups in total. The molecule has 2 rings (SSSR count). The number of hydrogen-bond acceptors (Lipinski definition) is 4. The van der Waals surface area contributed by atoms with E-state index in [-0.39, 0.29) is 6.04 Å². The molecule has 1 unspecified atom stereocenters. The highest BCUT2D eigenvalue weighted by molar-refractivity contribution is 7.99. The average Bonchev–Trinajstić information content (AvgIpc) is 2.85. The molecular weight excluding hydrogens is 268 g/mol. The summed E-state index contributed by atoms with van der Waals surface area (Å²) in [6, 6.07) is 8.85. The van der Waals surface area contributed by atoms with Gasteiger partial charge < -0.3 is 4.57 Å². The van der Waals surface area contributed by atoms with Crippen LogP contribution >= 0.6 is 11.8 Å². The molecule has 0 radical (unpaired) electrons. The highest BCUT2D eigenvalue weighted by Crippen LogP contribution is 2.20. The van der Waals surface area contributed by atoms with E-state index in [0.29, 0.717) is 0 Å². The first-order valence-corrected chi connectivity index (χ1v) is 7.79. The standard InChI is InChI=1S/C15H22N4S/c1-12-4-3-5-14(10-12)20-11-13(18-16)6-7-15-17-8-9-19(15)2/h3-5,8-10,13,18H,6-7,11,16H2,1-2H3. The van der Waals surface area contributed by atoms with Crippen LogP contribution < -0.4 is 11.3 Å². The van der Waals surface area contributed by atoms with Crippen molar-refractivity contribution in [1.82, 2.24) is 15.0 Å². The molecular formula is C15H22N4S. The molecule has 0 spiro atoms. The van der Waals surface area contributed by atoms with E-state index in [2.05, 4.69) is 46.2 Å². The van der Waals surface area contributed by atoms with Gasteiger partial charge in [-0.25, -0.2) is 4.98 Å². The maximum absolute atomic E-state index is 5.65. The molecule has 2 aromatic rings. The third-order valence-electron chi connectivity index (χ3n) is 3.31. The van der Waals surface area contributed by atoms with Gasteiger partial charge in [-0.1, -0.05) is 17.7 Å². The minimum Gasteiger partial charge on any atom is -0.338 e. The molecule has 0 amide bonds. The smallest absolute Gasteiger partial charge is 0.108 e. The van der Waals surface area contributed by atoms with E-state index < -0.39 is 0 Å². The number of aromatic nitrogens is 2. The minimum absolute atomic E-state index is 0.289. The molecule has 20 heavy (non-hydrogen) atoms. The van der Waals surface area contributed by atoms with Gasteiger partial charge in [0.15, 0.2) is 0 Å². The first kappa shape index (κ1) is 15.1. The van der Waals surface area contributed by atoms with E-state index >= 15 is 0 Å². The van der Waals surface area contributed by atoms with E-state index in [1.54, 1.807) is 0 Å². The summed E-state index contributed by atoms with van der Waals surface area (Å²) < 4.78 is 2.06. The summed E-state index contributed by atoms with van der Waals surface area (Å²) in [5.74, 6) is 7.72. The van der Waals surface area contributed by atoms with E-state index in [4.69, 9.17) is 5.84 Å². The molecule has 5 heteroatoms. The Morgan fingerprint density at radius 1 is 1.45 bits per heavy atom. The van der Waals surface area contributed by atoms with Crippen LogP contribution in [0, 0.1) is 6.92 Å². The lowest BCUT2D eigenvalue weighted by Gasteiger charge is -2.15. The number of imidazole rings is 1. The Labute approximate surface area is 124 Å². The fraction of sp³-hybridized carbons (Fsp3) is 0.400. The molecule has 1 heterocycles. The maximum atomic E-state index is 5.65. The molecule has 0 fully saturated rings. The predicted octanol–water partition coefficient (Wildman–Crippen LogP) is 2.29. The largest absolute Gasteiger partial charge is 0.338 e. The Kier molecular flexibility index (Phi) is 5.64. The SMILES string of the molecule is Cc1cccc(SCC(CCc2nccn2C)NN)c1. The quantitative estimate of drug-likeness (QED) is 0.467. The van der Waals surface area contributed by atoms with E-state index in [1.807, 2.05) is 31.2 Å². The lowest BCUT2D eigenvalue weighted by Crippen LogP contribution is -2.37. The van der Waals surface area contributed by atoms with Gasteiger partial charge in [0.05, 0.1) is 0 Å². The van der Waals surface area contributed by atoms with Gasteiger partial charge in [0.25, 0.3) is 0 Å². The average molecular weight is 290 g/mol. The lowest BCUT2D eigenvalue weighted by atomic mass is 10.2. The van der Waals surface area contributed by atoms with Crippen LogP contribution in [0.1, 0.15) is 17.8 Å². The summed E-state index contributed by atoms with van der Waals surface area (Å²) in [5.41, 5.74) is 4.20. The maximum Gasteiger partial charge on any atom is 0.108 e. The van der Waals surface area contributed by atoms with Crippen molar-refractivity contribution < 1.29 is 0 Å². The third kappa shape index (κ3) is 4.37. The molecule has 0 saturated heterocycles. The Morgan fingerprint density at radius 2 is 2.30 bits per heavy atom. The van der Waals surface area contributed by atoms with Crippen LogP contribution in [0.25, 0.3) is 0 Å². The van der Waals surface area contributed by atoms with Crippen LogP contribution in [0.2, 0.25) is 0 Å². The van der Waals surface area contributed by atoms with Gasteiger partial charge in [0, 0.05) is 42.6 Å². The van der Waals surface area contributed by atoms with Gasteiger partial charge in [-0.3, -0.25) is 11.3 Å². The topological polar surface area (TPSA) is 55.9 Å². The van der Waals surface area contributed by atoms with Gasteiger partial charge in [-0.05, 0) is 25.5 Å². The normalized spacial score (nSPS) is 12.6. The molecule has 0 aliphatic carbocycles. The summed E-state index contributed by atoms with van der Waals surface area (Å²) in [4.78, 5) is 5.63. The van der Waals surface area contributed by atoms with Crippen LogP contribution in [-0.2, 0) is 13.5 Å². The van der Waals surface area contributed by atoms with Crippen molar-refractivity contribution in [2.75, 3.05) is 5.75 Å². The number of hydrogen-bond donors (Lipinski definition) is 2. The van der Waals surface area contributed by atoms with Crippen LogP contribution in [0.3, 0.4) is 0 Å². The summed E-state index contributed by atoms with van der Waals surface area (Å²) >= 11 is 1.84. The number of benzene rings is 1. The highest BCUT2D eigenvalue weighted by atomic mass is 32.2. The van der Waals surface area contributed by atoms with E-state index in [0.717, 1.165) is 24.4 Å². The second-order valence-electron chi connectivity index (χ2n) is 4.98. The van der Waals surface area contributed by atoms with Crippen molar-refractivity contribution in [3.63, 3.8) is 0 Å². The summed E-state index contributed by atoms with van der Waals surface area (Å²) in [6.45, 7) is 2.11. The predicted molar refractivity (Wildman–Crippen MR) is 84.5 cm³/mol. The zero-order valence-corrected chi connectivity index (χ0v) is 12.9. The fourth-order valence-corrected chi connectivity index (χ4v) is 3.16. The second-order valence-corrected chi connectivity index (χ2v) is 6.08. The number of rotatable bonds is 7. The highest BCUT2D eigenvalue weighted by Gasteiger charge is 2.09. The number of nitrogens with zero attached hydrogens (tertiary/aromatic N) is 2. The van der Waals surface area contributed by atoms with Crippen molar-refractivity contribution >= 4 is 11.8 Å². The van der Waals surface area contributed by atoms with Crippen LogP contribution in [0.5, 0.6) is 0 Å². The second kappa shape index (κ2) is 7.47.